The number of halogens is 1. The van der Waals surface area contributed by atoms with E-state index in [9.17, 15) is 0 Å². The van der Waals surface area contributed by atoms with Crippen molar-refractivity contribution in [1.29, 1.82) is 0 Å². The van der Waals surface area contributed by atoms with Gasteiger partial charge in [-0.05, 0) is 30.7 Å². The molecule has 0 radical (unpaired) electrons. The molecule has 1 atom stereocenters. The lowest BCUT2D eigenvalue weighted by Gasteiger charge is -2.19. The highest BCUT2D eigenvalue weighted by Crippen LogP contribution is 2.23. The van der Waals surface area contributed by atoms with Gasteiger partial charge < -0.3 is 5.32 Å². The van der Waals surface area contributed by atoms with Gasteiger partial charge in [0.05, 0.1) is 6.04 Å². The van der Waals surface area contributed by atoms with Gasteiger partial charge in [0.1, 0.15) is 6.33 Å². The molecule has 0 spiro atoms. The minimum absolute atomic E-state index is 0.142. The van der Waals surface area contributed by atoms with E-state index in [0.717, 1.165) is 23.0 Å². The molecule has 0 fully saturated rings. The molecule has 1 heterocycles. The van der Waals surface area contributed by atoms with Crippen LogP contribution in [0.2, 0.25) is 0 Å². The summed E-state index contributed by atoms with van der Waals surface area (Å²) in [4.78, 5) is 8.20. The number of nitrogens with zero attached hydrogens (tertiary/aromatic N) is 2. The molecule has 0 aliphatic rings. The quantitative estimate of drug-likeness (QED) is 0.921. The zero-order chi connectivity index (χ0) is 12.8. The predicted octanol–water partition coefficient (Wildman–Crippen LogP) is 3.33. The molecule has 0 amide bonds. The Kier molecular flexibility index (Phi) is 4.84. The van der Waals surface area contributed by atoms with Gasteiger partial charge in [-0.25, -0.2) is 9.97 Å². The maximum absolute atomic E-state index is 4.10. The van der Waals surface area contributed by atoms with Gasteiger partial charge in [-0.1, -0.05) is 35.0 Å². The first-order valence-corrected chi connectivity index (χ1v) is 6.84. The molecule has 94 valence electrons. The topological polar surface area (TPSA) is 37.8 Å². The fourth-order valence-electron chi connectivity index (χ4n) is 1.86. The lowest BCUT2D eigenvalue weighted by molar-refractivity contribution is 0.595. The predicted molar refractivity (Wildman–Crippen MR) is 76.3 cm³/mol. The normalized spacial score (nSPS) is 12.3. The first kappa shape index (κ1) is 13.2. The van der Waals surface area contributed by atoms with Crippen molar-refractivity contribution in [3.05, 3.63) is 58.6 Å². The van der Waals surface area contributed by atoms with Crippen LogP contribution in [0.15, 0.2) is 47.5 Å². The first-order chi connectivity index (χ1) is 8.81. The third kappa shape index (κ3) is 3.37. The van der Waals surface area contributed by atoms with Crippen LogP contribution < -0.4 is 5.32 Å². The Hall–Kier alpha value is -1.26. The van der Waals surface area contributed by atoms with E-state index in [4.69, 9.17) is 0 Å². The smallest absolute Gasteiger partial charge is 0.115 e. The summed E-state index contributed by atoms with van der Waals surface area (Å²) in [6, 6.07) is 8.46. The van der Waals surface area contributed by atoms with E-state index in [-0.39, 0.29) is 6.04 Å². The van der Waals surface area contributed by atoms with Gasteiger partial charge in [0, 0.05) is 22.4 Å². The summed E-state index contributed by atoms with van der Waals surface area (Å²) < 4.78 is 1.08. The number of rotatable bonds is 5. The van der Waals surface area contributed by atoms with Crippen LogP contribution in [0, 0.1) is 0 Å². The molecule has 2 aromatic rings. The third-order valence-electron chi connectivity index (χ3n) is 2.69. The van der Waals surface area contributed by atoms with Crippen LogP contribution >= 0.6 is 15.9 Å². The second-order valence-electron chi connectivity index (χ2n) is 4.11. The standard InChI is InChI=1S/C14H16BrN3/c1-2-6-18-14(12-8-16-10-17-9-12)11-4-3-5-13(15)7-11/h3-5,7-10,14,18H,2,6H2,1H3. The Morgan fingerprint density at radius 1 is 1.22 bits per heavy atom. The highest BCUT2D eigenvalue weighted by molar-refractivity contribution is 9.10. The van der Waals surface area contributed by atoms with E-state index >= 15 is 0 Å². The molecule has 1 aromatic heterocycles. The molecule has 1 aromatic carbocycles. The molecule has 18 heavy (non-hydrogen) atoms. The van der Waals surface area contributed by atoms with Crippen LogP contribution in [0.5, 0.6) is 0 Å². The van der Waals surface area contributed by atoms with E-state index in [1.165, 1.54) is 5.56 Å². The molecule has 0 saturated heterocycles. The number of aromatic nitrogens is 2. The van der Waals surface area contributed by atoms with Crippen LogP contribution in [0.4, 0.5) is 0 Å². The number of nitrogens with one attached hydrogen (secondary N) is 1. The van der Waals surface area contributed by atoms with Crippen molar-refractivity contribution in [2.75, 3.05) is 6.54 Å². The number of benzene rings is 1. The fraction of sp³-hybridized carbons (Fsp3) is 0.286. The minimum Gasteiger partial charge on any atom is -0.306 e. The van der Waals surface area contributed by atoms with Gasteiger partial charge in [0.25, 0.3) is 0 Å². The molecule has 1 N–H and O–H groups in total. The second-order valence-corrected chi connectivity index (χ2v) is 5.03. The van der Waals surface area contributed by atoms with E-state index < -0.39 is 0 Å². The Labute approximate surface area is 116 Å². The van der Waals surface area contributed by atoms with Crippen LogP contribution in [-0.4, -0.2) is 16.5 Å². The van der Waals surface area contributed by atoms with E-state index in [1.54, 1.807) is 6.33 Å². The van der Waals surface area contributed by atoms with E-state index in [2.05, 4.69) is 50.3 Å². The van der Waals surface area contributed by atoms with Crippen LogP contribution in [0.1, 0.15) is 30.5 Å². The van der Waals surface area contributed by atoms with Crippen LogP contribution in [-0.2, 0) is 0 Å². The highest BCUT2D eigenvalue weighted by Gasteiger charge is 2.13. The van der Waals surface area contributed by atoms with Crippen molar-refractivity contribution < 1.29 is 0 Å². The maximum atomic E-state index is 4.10. The maximum Gasteiger partial charge on any atom is 0.115 e. The summed E-state index contributed by atoms with van der Waals surface area (Å²) in [5.41, 5.74) is 2.30. The Bertz CT molecular complexity index is 487. The van der Waals surface area contributed by atoms with Crippen molar-refractivity contribution in [1.82, 2.24) is 15.3 Å². The van der Waals surface area contributed by atoms with Crippen molar-refractivity contribution >= 4 is 15.9 Å². The van der Waals surface area contributed by atoms with E-state index in [1.807, 2.05) is 24.5 Å². The van der Waals surface area contributed by atoms with Crippen LogP contribution in [0.3, 0.4) is 0 Å². The molecular formula is C14H16BrN3. The zero-order valence-electron chi connectivity index (χ0n) is 10.3. The number of hydrogen-bond acceptors (Lipinski definition) is 3. The average molecular weight is 306 g/mol. The summed E-state index contributed by atoms with van der Waals surface area (Å²) in [6.07, 6.45) is 6.38. The number of hydrogen-bond donors (Lipinski definition) is 1. The molecule has 1 unspecified atom stereocenters. The second kappa shape index (κ2) is 6.61. The van der Waals surface area contributed by atoms with Gasteiger partial charge in [-0.15, -0.1) is 0 Å². The van der Waals surface area contributed by atoms with Crippen molar-refractivity contribution in [2.45, 2.75) is 19.4 Å². The Morgan fingerprint density at radius 3 is 2.67 bits per heavy atom. The summed E-state index contributed by atoms with van der Waals surface area (Å²) in [5.74, 6) is 0. The zero-order valence-corrected chi connectivity index (χ0v) is 11.9. The fourth-order valence-corrected chi connectivity index (χ4v) is 2.28. The van der Waals surface area contributed by atoms with E-state index in [0.29, 0.717) is 0 Å². The lowest BCUT2D eigenvalue weighted by atomic mass is 10.0. The summed E-state index contributed by atoms with van der Waals surface area (Å²) in [5, 5.41) is 3.53. The molecule has 3 nitrogen and oxygen atoms in total. The minimum atomic E-state index is 0.142. The average Bonchev–Trinajstić information content (AvgIpc) is 2.40. The third-order valence-corrected chi connectivity index (χ3v) is 3.19. The molecule has 4 heteroatoms. The Morgan fingerprint density at radius 2 is 2.00 bits per heavy atom. The summed E-state index contributed by atoms with van der Waals surface area (Å²) >= 11 is 3.51. The SMILES string of the molecule is CCCNC(c1cncnc1)c1cccc(Br)c1. The Balaban J connectivity index is 2.31. The van der Waals surface area contributed by atoms with Gasteiger partial charge in [-0.3, -0.25) is 0 Å². The molecule has 0 aliphatic carbocycles. The summed E-state index contributed by atoms with van der Waals surface area (Å²) in [6.45, 7) is 3.12. The molecule has 2 rings (SSSR count). The summed E-state index contributed by atoms with van der Waals surface area (Å²) in [7, 11) is 0. The van der Waals surface area contributed by atoms with Crippen molar-refractivity contribution in [3.8, 4) is 0 Å². The molecular weight excluding hydrogens is 290 g/mol. The largest absolute Gasteiger partial charge is 0.306 e. The van der Waals surface area contributed by atoms with Gasteiger partial charge in [-0.2, -0.15) is 0 Å². The lowest BCUT2D eigenvalue weighted by Crippen LogP contribution is -2.23. The molecule has 0 aliphatic heterocycles. The highest BCUT2D eigenvalue weighted by atomic mass is 79.9. The first-order valence-electron chi connectivity index (χ1n) is 6.05. The van der Waals surface area contributed by atoms with Gasteiger partial charge in [0.15, 0.2) is 0 Å². The molecule has 0 saturated carbocycles. The van der Waals surface area contributed by atoms with Gasteiger partial charge in [0.2, 0.25) is 0 Å². The monoisotopic (exact) mass is 305 g/mol. The molecule has 0 bridgehead atoms. The van der Waals surface area contributed by atoms with Crippen molar-refractivity contribution in [2.24, 2.45) is 0 Å². The van der Waals surface area contributed by atoms with Crippen molar-refractivity contribution in [3.63, 3.8) is 0 Å². The van der Waals surface area contributed by atoms with Gasteiger partial charge >= 0.3 is 0 Å². The van der Waals surface area contributed by atoms with Crippen LogP contribution in [0.25, 0.3) is 0 Å².